The van der Waals surface area contributed by atoms with E-state index >= 15 is 0 Å². The van der Waals surface area contributed by atoms with Crippen molar-refractivity contribution >= 4 is 5.97 Å². The first-order chi connectivity index (χ1) is 8.18. The van der Waals surface area contributed by atoms with Crippen molar-refractivity contribution in [2.75, 3.05) is 6.54 Å². The summed E-state index contributed by atoms with van der Waals surface area (Å²) in [5, 5.41) is 11.7. The number of hydrogen-bond acceptors (Lipinski definition) is 4. The summed E-state index contributed by atoms with van der Waals surface area (Å²) in [6.07, 6.45) is 4.72. The maximum absolute atomic E-state index is 10.3. The van der Waals surface area contributed by atoms with E-state index in [0.29, 0.717) is 0 Å². The summed E-state index contributed by atoms with van der Waals surface area (Å²) in [6, 6.07) is 1.89. The zero-order valence-electron chi connectivity index (χ0n) is 10.1. The van der Waals surface area contributed by atoms with Gasteiger partial charge >= 0.3 is 5.97 Å². The largest absolute Gasteiger partial charge is 0.481 e. The number of nitrogens with one attached hydrogen (secondary N) is 1. The Hall–Kier alpha value is -1.49. The van der Waals surface area contributed by atoms with Crippen LogP contribution in [-0.4, -0.2) is 27.6 Å². The molecule has 1 heterocycles. The molecule has 0 fully saturated rings. The monoisotopic (exact) mass is 237 g/mol. The molecular formula is C12H19N3O2. The van der Waals surface area contributed by atoms with Crippen molar-refractivity contribution in [1.82, 2.24) is 15.3 Å². The maximum Gasteiger partial charge on any atom is 0.303 e. The Morgan fingerprint density at radius 1 is 1.41 bits per heavy atom. The summed E-state index contributed by atoms with van der Waals surface area (Å²) in [7, 11) is 0. The number of carboxylic acids is 1. The van der Waals surface area contributed by atoms with Gasteiger partial charge in [-0.05, 0) is 32.4 Å². The van der Waals surface area contributed by atoms with Gasteiger partial charge in [0.2, 0.25) is 0 Å². The number of hydrogen-bond donors (Lipinski definition) is 2. The van der Waals surface area contributed by atoms with Crippen LogP contribution in [0.15, 0.2) is 12.3 Å². The van der Waals surface area contributed by atoms with E-state index < -0.39 is 5.97 Å². The van der Waals surface area contributed by atoms with Crippen molar-refractivity contribution in [1.29, 1.82) is 0 Å². The molecule has 0 saturated heterocycles. The van der Waals surface area contributed by atoms with Crippen molar-refractivity contribution in [3.05, 3.63) is 23.8 Å². The predicted octanol–water partition coefficient (Wildman–Crippen LogP) is 1.52. The SMILES string of the molecule is Cc1nccc(CNCCCCCC(=O)O)n1. The highest BCUT2D eigenvalue weighted by Crippen LogP contribution is 1.99. The smallest absolute Gasteiger partial charge is 0.303 e. The molecule has 17 heavy (non-hydrogen) atoms. The summed E-state index contributed by atoms with van der Waals surface area (Å²) in [6.45, 7) is 3.50. The summed E-state index contributed by atoms with van der Waals surface area (Å²) in [4.78, 5) is 18.6. The predicted molar refractivity (Wildman–Crippen MR) is 64.6 cm³/mol. The van der Waals surface area contributed by atoms with E-state index in [-0.39, 0.29) is 6.42 Å². The number of carboxylic acid groups (broad SMARTS) is 1. The number of aromatic nitrogens is 2. The number of nitrogens with zero attached hydrogens (tertiary/aromatic N) is 2. The number of aliphatic carboxylic acids is 1. The van der Waals surface area contributed by atoms with Crippen LogP contribution < -0.4 is 5.32 Å². The van der Waals surface area contributed by atoms with Gasteiger partial charge in [0.25, 0.3) is 0 Å². The van der Waals surface area contributed by atoms with Gasteiger partial charge in [0.15, 0.2) is 0 Å². The van der Waals surface area contributed by atoms with Gasteiger partial charge in [-0.3, -0.25) is 4.79 Å². The third-order valence-corrected chi connectivity index (χ3v) is 2.38. The second kappa shape index (κ2) is 7.73. The molecule has 5 heteroatoms. The van der Waals surface area contributed by atoms with E-state index in [0.717, 1.165) is 43.9 Å². The number of carbonyl (C=O) groups is 1. The first kappa shape index (κ1) is 13.6. The molecule has 0 spiro atoms. The normalized spacial score (nSPS) is 10.4. The summed E-state index contributed by atoms with van der Waals surface area (Å²) in [5.41, 5.74) is 0.989. The Labute approximate surface area is 101 Å². The van der Waals surface area contributed by atoms with Crippen molar-refractivity contribution < 1.29 is 9.90 Å². The molecule has 0 atom stereocenters. The van der Waals surface area contributed by atoms with Crippen molar-refractivity contribution in [2.24, 2.45) is 0 Å². The van der Waals surface area contributed by atoms with Crippen molar-refractivity contribution in [3.63, 3.8) is 0 Å². The molecule has 0 bridgehead atoms. The molecule has 5 nitrogen and oxygen atoms in total. The quantitative estimate of drug-likeness (QED) is 0.670. The molecule has 0 saturated carbocycles. The van der Waals surface area contributed by atoms with Crippen LogP contribution in [-0.2, 0) is 11.3 Å². The second-order valence-corrected chi connectivity index (χ2v) is 3.98. The van der Waals surface area contributed by atoms with Gasteiger partial charge in [-0.15, -0.1) is 0 Å². The first-order valence-electron chi connectivity index (χ1n) is 5.89. The van der Waals surface area contributed by atoms with Crippen LogP contribution in [0.2, 0.25) is 0 Å². The summed E-state index contributed by atoms with van der Waals surface area (Å²) >= 11 is 0. The molecule has 1 rings (SSSR count). The van der Waals surface area contributed by atoms with E-state index in [1.807, 2.05) is 13.0 Å². The molecule has 0 aliphatic rings. The zero-order chi connectivity index (χ0) is 12.5. The van der Waals surface area contributed by atoms with Crippen LogP contribution in [0.5, 0.6) is 0 Å². The van der Waals surface area contributed by atoms with Gasteiger partial charge in [0.05, 0.1) is 5.69 Å². The van der Waals surface area contributed by atoms with Gasteiger partial charge in [-0.2, -0.15) is 0 Å². The van der Waals surface area contributed by atoms with Crippen LogP contribution in [0.4, 0.5) is 0 Å². The zero-order valence-corrected chi connectivity index (χ0v) is 10.1. The highest BCUT2D eigenvalue weighted by molar-refractivity contribution is 5.66. The molecule has 2 N–H and O–H groups in total. The third kappa shape index (κ3) is 6.63. The highest BCUT2D eigenvalue weighted by atomic mass is 16.4. The van der Waals surface area contributed by atoms with E-state index in [9.17, 15) is 4.79 Å². The molecule has 0 unspecified atom stereocenters. The van der Waals surface area contributed by atoms with Gasteiger partial charge < -0.3 is 10.4 Å². The number of aryl methyl sites for hydroxylation is 1. The lowest BCUT2D eigenvalue weighted by Gasteiger charge is -2.04. The minimum Gasteiger partial charge on any atom is -0.481 e. The highest BCUT2D eigenvalue weighted by Gasteiger charge is 1.97. The Morgan fingerprint density at radius 2 is 2.24 bits per heavy atom. The van der Waals surface area contributed by atoms with Crippen LogP contribution >= 0.6 is 0 Å². The third-order valence-electron chi connectivity index (χ3n) is 2.38. The minimum absolute atomic E-state index is 0.269. The van der Waals surface area contributed by atoms with Crippen LogP contribution in [0.25, 0.3) is 0 Å². The number of unbranched alkanes of at least 4 members (excludes halogenated alkanes) is 2. The average molecular weight is 237 g/mol. The van der Waals surface area contributed by atoms with Gasteiger partial charge in [-0.1, -0.05) is 6.42 Å². The lowest BCUT2D eigenvalue weighted by Crippen LogP contribution is -2.16. The van der Waals surface area contributed by atoms with E-state index in [2.05, 4.69) is 15.3 Å². The standard InChI is InChI=1S/C12H19N3O2/c1-10-14-8-6-11(15-10)9-13-7-4-2-3-5-12(16)17/h6,8,13H,2-5,7,9H2,1H3,(H,16,17). The van der Waals surface area contributed by atoms with Crippen LogP contribution in [0, 0.1) is 6.92 Å². The Morgan fingerprint density at radius 3 is 2.94 bits per heavy atom. The van der Waals surface area contributed by atoms with Crippen LogP contribution in [0.3, 0.4) is 0 Å². The van der Waals surface area contributed by atoms with Gasteiger partial charge in [0, 0.05) is 19.2 Å². The average Bonchev–Trinajstić information content (AvgIpc) is 2.27. The molecular weight excluding hydrogens is 218 g/mol. The molecule has 0 aromatic carbocycles. The second-order valence-electron chi connectivity index (χ2n) is 3.98. The molecule has 0 radical (unpaired) electrons. The van der Waals surface area contributed by atoms with Crippen molar-refractivity contribution in [3.8, 4) is 0 Å². The van der Waals surface area contributed by atoms with E-state index in [1.54, 1.807) is 6.20 Å². The fourth-order valence-corrected chi connectivity index (χ4v) is 1.52. The molecule has 1 aromatic rings. The fraction of sp³-hybridized carbons (Fsp3) is 0.583. The Kier molecular flexibility index (Phi) is 6.17. The molecule has 94 valence electrons. The van der Waals surface area contributed by atoms with E-state index in [1.165, 1.54) is 0 Å². The number of rotatable bonds is 8. The Bertz CT molecular complexity index is 355. The van der Waals surface area contributed by atoms with Crippen molar-refractivity contribution in [2.45, 2.75) is 39.2 Å². The molecule has 0 aliphatic carbocycles. The van der Waals surface area contributed by atoms with Gasteiger partial charge in [-0.25, -0.2) is 9.97 Å². The lowest BCUT2D eigenvalue weighted by atomic mass is 10.2. The van der Waals surface area contributed by atoms with Gasteiger partial charge in [0.1, 0.15) is 5.82 Å². The topological polar surface area (TPSA) is 75.1 Å². The first-order valence-corrected chi connectivity index (χ1v) is 5.89. The summed E-state index contributed by atoms with van der Waals surface area (Å²) < 4.78 is 0. The summed E-state index contributed by atoms with van der Waals surface area (Å²) in [5.74, 6) is 0.0696. The maximum atomic E-state index is 10.3. The van der Waals surface area contributed by atoms with Crippen LogP contribution in [0.1, 0.15) is 37.2 Å². The van der Waals surface area contributed by atoms with E-state index in [4.69, 9.17) is 5.11 Å². The molecule has 0 amide bonds. The lowest BCUT2D eigenvalue weighted by molar-refractivity contribution is -0.137. The minimum atomic E-state index is -0.714. The Balaban J connectivity index is 2.03. The molecule has 0 aliphatic heterocycles. The fourth-order valence-electron chi connectivity index (χ4n) is 1.52. The molecule has 1 aromatic heterocycles.